The van der Waals surface area contributed by atoms with E-state index in [0.29, 0.717) is 5.56 Å². The van der Waals surface area contributed by atoms with Gasteiger partial charge < -0.3 is 4.74 Å². The lowest BCUT2D eigenvalue weighted by Gasteiger charge is -2.06. The molecule has 88 valence electrons. The van der Waals surface area contributed by atoms with Crippen molar-refractivity contribution < 1.29 is 13.5 Å². The summed E-state index contributed by atoms with van der Waals surface area (Å²) in [7, 11) is 0. The number of ether oxygens (including phenoxy) is 1. The van der Waals surface area contributed by atoms with Crippen LogP contribution in [-0.2, 0) is 0 Å². The van der Waals surface area contributed by atoms with E-state index in [0.717, 1.165) is 6.07 Å². The summed E-state index contributed by atoms with van der Waals surface area (Å²) in [6.07, 6.45) is 1.25. The van der Waals surface area contributed by atoms with E-state index >= 15 is 0 Å². The van der Waals surface area contributed by atoms with Gasteiger partial charge in [-0.1, -0.05) is 17.7 Å². The van der Waals surface area contributed by atoms with Crippen LogP contribution in [0.4, 0.5) is 8.78 Å². The van der Waals surface area contributed by atoms with Gasteiger partial charge in [-0.3, -0.25) is 0 Å². The highest BCUT2D eigenvalue weighted by Gasteiger charge is 2.08. The standard InChI is InChI=1S/C12H8ClF2NO/c1-7-2-3-9(5-10(7)14)17-12-11(15)4-8(13)6-16-12/h2-6H,1H3. The van der Waals surface area contributed by atoms with Crippen molar-refractivity contribution in [3.63, 3.8) is 0 Å². The number of halogens is 3. The Morgan fingerprint density at radius 2 is 1.94 bits per heavy atom. The molecule has 0 bridgehead atoms. The van der Waals surface area contributed by atoms with Gasteiger partial charge in [0.15, 0.2) is 5.82 Å². The van der Waals surface area contributed by atoms with Crippen molar-refractivity contribution in [1.82, 2.24) is 4.98 Å². The highest BCUT2D eigenvalue weighted by Crippen LogP contribution is 2.25. The van der Waals surface area contributed by atoms with E-state index in [1.54, 1.807) is 13.0 Å². The third-order valence-corrected chi connectivity index (χ3v) is 2.34. The van der Waals surface area contributed by atoms with Gasteiger partial charge in [0.05, 0.1) is 5.02 Å². The van der Waals surface area contributed by atoms with Gasteiger partial charge in [-0.25, -0.2) is 13.8 Å². The molecule has 0 amide bonds. The third-order valence-electron chi connectivity index (χ3n) is 2.13. The van der Waals surface area contributed by atoms with Crippen LogP contribution < -0.4 is 4.74 Å². The SMILES string of the molecule is Cc1ccc(Oc2ncc(Cl)cc2F)cc1F. The molecule has 0 aliphatic rings. The van der Waals surface area contributed by atoms with Crippen LogP contribution in [0.5, 0.6) is 11.6 Å². The average Bonchev–Trinajstić information content (AvgIpc) is 2.27. The second-order valence-corrected chi connectivity index (χ2v) is 3.89. The molecule has 0 unspecified atom stereocenters. The van der Waals surface area contributed by atoms with Crippen LogP contribution in [0.3, 0.4) is 0 Å². The normalized spacial score (nSPS) is 10.4. The molecule has 2 nitrogen and oxygen atoms in total. The van der Waals surface area contributed by atoms with E-state index in [4.69, 9.17) is 16.3 Å². The maximum Gasteiger partial charge on any atom is 0.255 e. The summed E-state index contributed by atoms with van der Waals surface area (Å²) in [6.45, 7) is 1.63. The van der Waals surface area contributed by atoms with Crippen molar-refractivity contribution in [2.45, 2.75) is 6.92 Å². The summed E-state index contributed by atoms with van der Waals surface area (Å²) in [6, 6.07) is 5.33. The van der Waals surface area contributed by atoms with Crippen LogP contribution in [0.15, 0.2) is 30.5 Å². The molecule has 0 N–H and O–H groups in total. The van der Waals surface area contributed by atoms with Gasteiger partial charge in [0, 0.05) is 12.3 Å². The molecule has 0 aliphatic heterocycles. The van der Waals surface area contributed by atoms with Crippen molar-refractivity contribution in [2.75, 3.05) is 0 Å². The highest BCUT2D eigenvalue weighted by atomic mass is 35.5. The van der Waals surface area contributed by atoms with Crippen LogP contribution in [0.25, 0.3) is 0 Å². The quantitative estimate of drug-likeness (QED) is 0.805. The lowest BCUT2D eigenvalue weighted by molar-refractivity contribution is 0.419. The fourth-order valence-corrected chi connectivity index (χ4v) is 1.37. The van der Waals surface area contributed by atoms with Gasteiger partial charge in [-0.15, -0.1) is 0 Å². The van der Waals surface area contributed by atoms with E-state index in [2.05, 4.69) is 4.98 Å². The smallest absolute Gasteiger partial charge is 0.255 e. The zero-order valence-electron chi connectivity index (χ0n) is 8.88. The Labute approximate surface area is 102 Å². The van der Waals surface area contributed by atoms with Crippen LogP contribution in [0.1, 0.15) is 5.56 Å². The molecule has 0 aliphatic carbocycles. The molecule has 0 saturated carbocycles. The zero-order chi connectivity index (χ0) is 12.4. The molecular formula is C12H8ClF2NO. The molecule has 1 aromatic carbocycles. The van der Waals surface area contributed by atoms with Crippen LogP contribution in [0, 0.1) is 18.6 Å². The fourth-order valence-electron chi connectivity index (χ4n) is 1.23. The van der Waals surface area contributed by atoms with Crippen LogP contribution in [0.2, 0.25) is 5.02 Å². The third kappa shape index (κ3) is 2.71. The van der Waals surface area contributed by atoms with Crippen LogP contribution in [-0.4, -0.2) is 4.98 Å². The Balaban J connectivity index is 2.28. The van der Waals surface area contributed by atoms with E-state index in [1.807, 2.05) is 0 Å². The summed E-state index contributed by atoms with van der Waals surface area (Å²) in [4.78, 5) is 3.67. The predicted molar refractivity (Wildman–Crippen MR) is 60.4 cm³/mol. The number of pyridine rings is 1. The predicted octanol–water partition coefficient (Wildman–Crippen LogP) is 4.11. The number of aryl methyl sites for hydroxylation is 1. The van der Waals surface area contributed by atoms with Gasteiger partial charge in [-0.05, 0) is 24.6 Å². The van der Waals surface area contributed by atoms with Crippen molar-refractivity contribution in [2.24, 2.45) is 0 Å². The Morgan fingerprint density at radius 3 is 2.59 bits per heavy atom. The average molecular weight is 256 g/mol. The van der Waals surface area contributed by atoms with Crippen molar-refractivity contribution in [3.8, 4) is 11.6 Å². The Morgan fingerprint density at radius 1 is 1.18 bits per heavy atom. The number of nitrogens with zero attached hydrogens (tertiary/aromatic N) is 1. The van der Waals surface area contributed by atoms with Crippen molar-refractivity contribution >= 4 is 11.6 Å². The van der Waals surface area contributed by atoms with E-state index in [9.17, 15) is 8.78 Å². The minimum atomic E-state index is -0.696. The Kier molecular flexibility index (Phi) is 3.24. The maximum absolute atomic E-state index is 13.4. The molecule has 0 spiro atoms. The number of rotatable bonds is 2. The molecule has 0 atom stereocenters. The maximum atomic E-state index is 13.4. The van der Waals surface area contributed by atoms with Gasteiger partial charge in [0.25, 0.3) is 5.88 Å². The minimum Gasteiger partial charge on any atom is -0.436 e. The summed E-state index contributed by atoms with van der Waals surface area (Å²) in [5.41, 5.74) is 0.488. The first-order chi connectivity index (χ1) is 8.06. The number of hydrogen-bond acceptors (Lipinski definition) is 2. The molecule has 17 heavy (non-hydrogen) atoms. The monoisotopic (exact) mass is 255 g/mol. The van der Waals surface area contributed by atoms with Crippen molar-refractivity contribution in [3.05, 3.63) is 52.7 Å². The van der Waals surface area contributed by atoms with Gasteiger partial charge in [-0.2, -0.15) is 0 Å². The first kappa shape index (κ1) is 11.8. The largest absolute Gasteiger partial charge is 0.436 e. The Bertz CT molecular complexity index is 560. The molecule has 0 fully saturated rings. The number of hydrogen-bond donors (Lipinski definition) is 0. The molecule has 2 rings (SSSR count). The summed E-state index contributed by atoms with van der Waals surface area (Å²) >= 11 is 5.55. The Hall–Kier alpha value is -1.68. The topological polar surface area (TPSA) is 22.1 Å². The molecule has 5 heteroatoms. The molecule has 2 aromatic rings. The first-order valence-electron chi connectivity index (χ1n) is 4.81. The summed E-state index contributed by atoms with van der Waals surface area (Å²) in [5, 5.41) is 0.171. The van der Waals surface area contributed by atoms with Crippen LogP contribution >= 0.6 is 11.6 Å². The lowest BCUT2D eigenvalue weighted by Crippen LogP contribution is -1.93. The molecule has 0 saturated heterocycles. The van der Waals surface area contributed by atoms with Crippen molar-refractivity contribution in [1.29, 1.82) is 0 Å². The minimum absolute atomic E-state index is 0.171. The molecule has 1 heterocycles. The van der Waals surface area contributed by atoms with Gasteiger partial charge in [0.2, 0.25) is 0 Å². The molecule has 1 aromatic heterocycles. The first-order valence-corrected chi connectivity index (χ1v) is 5.19. The van der Waals surface area contributed by atoms with Gasteiger partial charge >= 0.3 is 0 Å². The summed E-state index contributed by atoms with van der Waals surface area (Å²) in [5.74, 6) is -1.17. The fraction of sp³-hybridized carbons (Fsp3) is 0.0833. The van der Waals surface area contributed by atoms with E-state index in [-0.39, 0.29) is 16.7 Å². The second kappa shape index (κ2) is 4.67. The number of aromatic nitrogens is 1. The van der Waals surface area contributed by atoms with E-state index < -0.39 is 11.6 Å². The van der Waals surface area contributed by atoms with E-state index in [1.165, 1.54) is 18.3 Å². The number of benzene rings is 1. The molecular weight excluding hydrogens is 248 g/mol. The van der Waals surface area contributed by atoms with Gasteiger partial charge in [0.1, 0.15) is 11.6 Å². The highest BCUT2D eigenvalue weighted by molar-refractivity contribution is 6.30. The summed E-state index contributed by atoms with van der Waals surface area (Å²) < 4.78 is 31.7. The molecule has 0 radical (unpaired) electrons. The second-order valence-electron chi connectivity index (χ2n) is 3.45. The zero-order valence-corrected chi connectivity index (χ0v) is 9.63. The lowest BCUT2D eigenvalue weighted by atomic mass is 10.2.